The Balaban J connectivity index is 1.72. The highest BCUT2D eigenvalue weighted by atomic mass is 32.2. The first-order valence-corrected chi connectivity index (χ1v) is 10.1. The summed E-state index contributed by atoms with van der Waals surface area (Å²) in [7, 11) is -5.50. The fourth-order valence-electron chi connectivity index (χ4n) is 2.50. The van der Waals surface area contributed by atoms with Crippen molar-refractivity contribution in [1.82, 2.24) is 4.98 Å². The average Bonchev–Trinajstić information content (AvgIpc) is 2.74. The molecule has 160 valence electrons. The van der Waals surface area contributed by atoms with Gasteiger partial charge in [-0.2, -0.15) is 13.2 Å². The number of rotatable bonds is 5. The molecule has 0 aliphatic heterocycles. The maximum absolute atomic E-state index is 12.6. The molecule has 0 atom stereocenters. The minimum absolute atomic E-state index is 0.0623. The third kappa shape index (κ3) is 5.07. The zero-order valence-corrected chi connectivity index (χ0v) is 16.4. The summed E-state index contributed by atoms with van der Waals surface area (Å²) in [4.78, 5) is 27.6. The van der Waals surface area contributed by atoms with E-state index < -0.39 is 32.1 Å². The molecule has 0 aliphatic rings. The smallest absolute Gasteiger partial charge is 0.322 e. The van der Waals surface area contributed by atoms with Gasteiger partial charge in [-0.15, -0.1) is 0 Å². The second-order valence-corrected chi connectivity index (χ2v) is 8.14. The molecular weight excluding hydrogens is 435 g/mol. The van der Waals surface area contributed by atoms with Crippen LogP contribution in [0.2, 0.25) is 0 Å². The van der Waals surface area contributed by atoms with Gasteiger partial charge in [0.1, 0.15) is 0 Å². The normalized spacial score (nSPS) is 11.6. The lowest BCUT2D eigenvalue weighted by Gasteiger charge is -2.10. The van der Waals surface area contributed by atoms with Crippen molar-refractivity contribution in [3.05, 3.63) is 84.2 Å². The topological polar surface area (TPSA) is 105 Å². The number of amides is 2. The van der Waals surface area contributed by atoms with Crippen LogP contribution in [0.5, 0.6) is 0 Å². The monoisotopic (exact) mass is 449 g/mol. The van der Waals surface area contributed by atoms with Crippen molar-refractivity contribution in [2.75, 3.05) is 10.6 Å². The SMILES string of the molecule is O=C(Nc1cccc(C(=O)Nc2ccncc2)c1)c1ccc(S(=O)(=O)C(F)(F)F)cc1. The van der Waals surface area contributed by atoms with Crippen LogP contribution in [0.25, 0.3) is 0 Å². The van der Waals surface area contributed by atoms with Gasteiger partial charge in [0.25, 0.3) is 21.7 Å². The first-order chi connectivity index (χ1) is 14.6. The van der Waals surface area contributed by atoms with E-state index >= 15 is 0 Å². The lowest BCUT2D eigenvalue weighted by molar-refractivity contribution is -0.0436. The zero-order chi connectivity index (χ0) is 22.6. The molecule has 0 saturated carbocycles. The molecule has 3 aromatic rings. The van der Waals surface area contributed by atoms with Crippen LogP contribution in [-0.2, 0) is 9.84 Å². The van der Waals surface area contributed by atoms with Gasteiger partial charge < -0.3 is 10.6 Å². The Morgan fingerprint density at radius 2 is 1.35 bits per heavy atom. The largest absolute Gasteiger partial charge is 0.501 e. The molecule has 0 fully saturated rings. The first-order valence-electron chi connectivity index (χ1n) is 8.62. The molecule has 2 aromatic carbocycles. The van der Waals surface area contributed by atoms with Gasteiger partial charge in [0.05, 0.1) is 4.90 Å². The summed E-state index contributed by atoms with van der Waals surface area (Å²) in [6.07, 6.45) is 3.02. The summed E-state index contributed by atoms with van der Waals surface area (Å²) in [5.74, 6) is -1.12. The molecule has 0 radical (unpaired) electrons. The van der Waals surface area contributed by atoms with Gasteiger partial charge in [0.15, 0.2) is 0 Å². The predicted octanol–water partition coefficient (Wildman–Crippen LogP) is 3.88. The number of halogens is 3. The second-order valence-electron chi connectivity index (χ2n) is 6.20. The van der Waals surface area contributed by atoms with Crippen LogP contribution in [0.4, 0.5) is 24.5 Å². The van der Waals surface area contributed by atoms with E-state index in [4.69, 9.17) is 0 Å². The Bertz CT molecular complexity index is 1210. The Kier molecular flexibility index (Phi) is 6.07. The van der Waals surface area contributed by atoms with Crippen molar-refractivity contribution in [3.8, 4) is 0 Å². The van der Waals surface area contributed by atoms with Crippen LogP contribution in [0, 0.1) is 0 Å². The van der Waals surface area contributed by atoms with Crippen molar-refractivity contribution in [2.45, 2.75) is 10.4 Å². The molecule has 0 unspecified atom stereocenters. The minimum atomic E-state index is -5.50. The van der Waals surface area contributed by atoms with Crippen molar-refractivity contribution < 1.29 is 31.2 Å². The van der Waals surface area contributed by atoms with Gasteiger partial charge in [-0.05, 0) is 54.6 Å². The Labute approximate surface area is 174 Å². The minimum Gasteiger partial charge on any atom is -0.322 e. The van der Waals surface area contributed by atoms with E-state index in [1.54, 1.807) is 12.1 Å². The number of benzene rings is 2. The Hall–Kier alpha value is -3.73. The van der Waals surface area contributed by atoms with Crippen molar-refractivity contribution >= 4 is 33.0 Å². The standard InChI is InChI=1S/C20H14F3N3O4S/c21-20(22,23)31(29,30)17-6-4-13(5-7-17)18(27)26-16-3-1-2-14(12-16)19(28)25-15-8-10-24-11-9-15/h1-12H,(H,26,27)(H,24,25,28). The molecular formula is C20H14F3N3O4S. The zero-order valence-electron chi connectivity index (χ0n) is 15.6. The Morgan fingerprint density at radius 3 is 1.97 bits per heavy atom. The highest BCUT2D eigenvalue weighted by Crippen LogP contribution is 2.30. The van der Waals surface area contributed by atoms with Gasteiger partial charge in [0.2, 0.25) is 0 Å². The summed E-state index contributed by atoms with van der Waals surface area (Å²) >= 11 is 0. The summed E-state index contributed by atoms with van der Waals surface area (Å²) in [6, 6.07) is 12.5. The molecule has 2 N–H and O–H groups in total. The van der Waals surface area contributed by atoms with Gasteiger partial charge in [-0.3, -0.25) is 14.6 Å². The van der Waals surface area contributed by atoms with Crippen LogP contribution in [0.3, 0.4) is 0 Å². The van der Waals surface area contributed by atoms with Crippen molar-refractivity contribution in [3.63, 3.8) is 0 Å². The van der Waals surface area contributed by atoms with Crippen molar-refractivity contribution in [1.29, 1.82) is 0 Å². The number of hydrogen-bond acceptors (Lipinski definition) is 5. The van der Waals surface area contributed by atoms with Gasteiger partial charge >= 0.3 is 5.51 Å². The van der Waals surface area contributed by atoms with Crippen molar-refractivity contribution in [2.24, 2.45) is 0 Å². The molecule has 11 heteroatoms. The number of hydrogen-bond donors (Lipinski definition) is 2. The van der Waals surface area contributed by atoms with Crippen LogP contribution in [-0.4, -0.2) is 30.7 Å². The van der Waals surface area contributed by atoms with Crippen LogP contribution >= 0.6 is 0 Å². The second kappa shape index (κ2) is 8.56. The molecule has 1 aromatic heterocycles. The molecule has 1 heterocycles. The summed E-state index contributed by atoms with van der Waals surface area (Å²) < 4.78 is 60.6. The summed E-state index contributed by atoms with van der Waals surface area (Å²) in [6.45, 7) is 0. The number of pyridine rings is 1. The lowest BCUT2D eigenvalue weighted by atomic mass is 10.1. The average molecular weight is 449 g/mol. The number of sulfone groups is 1. The highest BCUT2D eigenvalue weighted by molar-refractivity contribution is 7.92. The highest BCUT2D eigenvalue weighted by Gasteiger charge is 2.46. The van der Waals surface area contributed by atoms with Crippen LogP contribution in [0.1, 0.15) is 20.7 Å². The van der Waals surface area contributed by atoms with E-state index in [2.05, 4.69) is 15.6 Å². The Morgan fingerprint density at radius 1 is 0.774 bits per heavy atom. The first kappa shape index (κ1) is 22.0. The number of aromatic nitrogens is 1. The van der Waals surface area contributed by atoms with Gasteiger partial charge in [0, 0.05) is 34.9 Å². The van der Waals surface area contributed by atoms with Crippen LogP contribution < -0.4 is 10.6 Å². The molecule has 31 heavy (non-hydrogen) atoms. The fraction of sp³-hybridized carbons (Fsp3) is 0.0500. The van der Waals surface area contributed by atoms with E-state index in [9.17, 15) is 31.2 Å². The fourth-order valence-corrected chi connectivity index (χ4v) is 3.26. The van der Waals surface area contributed by atoms with E-state index in [0.717, 1.165) is 12.1 Å². The maximum atomic E-state index is 12.6. The van der Waals surface area contributed by atoms with E-state index in [-0.39, 0.29) is 16.8 Å². The van der Waals surface area contributed by atoms with Gasteiger partial charge in [-0.1, -0.05) is 6.07 Å². The molecule has 7 nitrogen and oxygen atoms in total. The molecule has 0 aliphatic carbocycles. The van der Waals surface area contributed by atoms with E-state index in [1.807, 2.05) is 0 Å². The summed E-state index contributed by atoms with van der Waals surface area (Å²) in [5.41, 5.74) is -4.45. The number of carbonyl (C=O) groups is 2. The molecule has 2 amide bonds. The lowest BCUT2D eigenvalue weighted by Crippen LogP contribution is -2.23. The maximum Gasteiger partial charge on any atom is 0.501 e. The molecule has 0 spiro atoms. The number of nitrogens with zero attached hydrogens (tertiary/aromatic N) is 1. The number of carbonyl (C=O) groups excluding carboxylic acids is 2. The third-order valence-electron chi connectivity index (χ3n) is 4.05. The van der Waals surface area contributed by atoms with Crippen LogP contribution in [0.15, 0.2) is 78.0 Å². The summed E-state index contributed by atoms with van der Waals surface area (Å²) in [5, 5.41) is 5.17. The molecule has 0 bridgehead atoms. The quantitative estimate of drug-likeness (QED) is 0.615. The molecule has 0 saturated heterocycles. The van der Waals surface area contributed by atoms with E-state index in [0.29, 0.717) is 17.8 Å². The number of nitrogens with one attached hydrogen (secondary N) is 2. The molecule has 3 rings (SSSR count). The van der Waals surface area contributed by atoms with E-state index in [1.165, 1.54) is 36.7 Å². The third-order valence-corrected chi connectivity index (χ3v) is 5.55. The number of anilines is 2. The van der Waals surface area contributed by atoms with Gasteiger partial charge in [-0.25, -0.2) is 8.42 Å². The predicted molar refractivity (Wildman–Crippen MR) is 106 cm³/mol. The number of alkyl halides is 3.